The highest BCUT2D eigenvalue weighted by molar-refractivity contribution is 6.31. The van der Waals surface area contributed by atoms with Crippen LogP contribution >= 0.6 is 11.6 Å². The zero-order valence-electron chi connectivity index (χ0n) is 10.6. The Morgan fingerprint density at radius 3 is 2.56 bits per heavy atom. The van der Waals surface area contributed by atoms with Gasteiger partial charge in [0.05, 0.1) is 11.4 Å². The molecular formula is C13H16ClN3O. The summed E-state index contributed by atoms with van der Waals surface area (Å²) in [6.07, 6.45) is 0. The van der Waals surface area contributed by atoms with Crippen molar-refractivity contribution in [3.8, 4) is 5.69 Å². The van der Waals surface area contributed by atoms with E-state index in [0.29, 0.717) is 10.7 Å². The number of aromatic nitrogens is 2. The molecule has 0 fully saturated rings. The van der Waals surface area contributed by atoms with E-state index in [-0.39, 0.29) is 17.2 Å². The lowest BCUT2D eigenvalue weighted by Gasteiger charge is -2.05. The van der Waals surface area contributed by atoms with E-state index in [1.165, 1.54) is 4.68 Å². The molecule has 0 bridgehead atoms. The second-order valence-corrected chi connectivity index (χ2v) is 5.08. The molecule has 1 aromatic carbocycles. The molecule has 1 aromatic heterocycles. The fraction of sp³-hybridized carbons (Fsp3) is 0.308. The van der Waals surface area contributed by atoms with Gasteiger partial charge in [0.25, 0.3) is 5.56 Å². The quantitative estimate of drug-likeness (QED) is 0.877. The first-order chi connectivity index (χ1) is 8.41. The Bertz CT molecular complexity index is 640. The van der Waals surface area contributed by atoms with Crippen LogP contribution < -0.4 is 11.3 Å². The minimum atomic E-state index is -0.237. The monoisotopic (exact) mass is 265 g/mol. The second-order valence-electron chi connectivity index (χ2n) is 4.67. The molecule has 0 unspecified atom stereocenters. The van der Waals surface area contributed by atoms with Crippen LogP contribution in [0.4, 0.5) is 5.69 Å². The number of halogens is 1. The van der Waals surface area contributed by atoms with E-state index in [9.17, 15) is 4.79 Å². The summed E-state index contributed by atoms with van der Waals surface area (Å²) in [5.74, 6) is 0.167. The second kappa shape index (κ2) is 4.53. The third-order valence-electron chi connectivity index (χ3n) is 2.95. The average Bonchev–Trinajstić information content (AvgIpc) is 2.60. The van der Waals surface area contributed by atoms with Crippen molar-refractivity contribution in [2.45, 2.75) is 26.7 Å². The molecule has 0 radical (unpaired) electrons. The lowest BCUT2D eigenvalue weighted by molar-refractivity contribution is 0.761. The first kappa shape index (κ1) is 12.8. The van der Waals surface area contributed by atoms with Crippen LogP contribution in [0, 0.1) is 6.92 Å². The molecule has 4 nitrogen and oxygen atoms in total. The zero-order valence-corrected chi connectivity index (χ0v) is 11.4. The molecule has 0 aliphatic heterocycles. The van der Waals surface area contributed by atoms with Gasteiger partial charge in [-0.05, 0) is 30.5 Å². The number of hydrogen-bond acceptors (Lipinski definition) is 2. The highest BCUT2D eigenvalue weighted by Crippen LogP contribution is 2.21. The Balaban J connectivity index is 2.61. The van der Waals surface area contributed by atoms with Gasteiger partial charge in [-0.15, -0.1) is 0 Å². The number of aryl methyl sites for hydroxylation is 1. The maximum Gasteiger partial charge on any atom is 0.294 e. The van der Waals surface area contributed by atoms with Crippen molar-refractivity contribution >= 4 is 17.3 Å². The average molecular weight is 266 g/mol. The van der Waals surface area contributed by atoms with E-state index in [2.05, 4.69) is 5.10 Å². The Kier molecular flexibility index (Phi) is 3.22. The van der Waals surface area contributed by atoms with Crippen LogP contribution in [0.5, 0.6) is 0 Å². The van der Waals surface area contributed by atoms with Crippen molar-refractivity contribution in [3.05, 3.63) is 44.8 Å². The van der Waals surface area contributed by atoms with Gasteiger partial charge in [-0.1, -0.05) is 31.5 Å². The van der Waals surface area contributed by atoms with Crippen LogP contribution in [-0.2, 0) is 0 Å². The van der Waals surface area contributed by atoms with Gasteiger partial charge in [0, 0.05) is 5.02 Å². The zero-order chi connectivity index (χ0) is 13.4. The molecule has 0 aliphatic carbocycles. The molecule has 0 saturated heterocycles. The first-order valence-corrected chi connectivity index (χ1v) is 6.16. The predicted molar refractivity (Wildman–Crippen MR) is 74.6 cm³/mol. The number of rotatable bonds is 2. The number of anilines is 1. The molecule has 0 atom stereocenters. The van der Waals surface area contributed by atoms with Gasteiger partial charge in [-0.3, -0.25) is 9.89 Å². The van der Waals surface area contributed by atoms with E-state index < -0.39 is 0 Å². The number of H-pyrrole nitrogens is 1. The van der Waals surface area contributed by atoms with Crippen LogP contribution in [0.2, 0.25) is 5.02 Å². The summed E-state index contributed by atoms with van der Waals surface area (Å²) in [6, 6.07) is 5.46. The smallest absolute Gasteiger partial charge is 0.294 e. The molecule has 96 valence electrons. The van der Waals surface area contributed by atoms with Crippen molar-refractivity contribution in [2.24, 2.45) is 0 Å². The van der Waals surface area contributed by atoms with E-state index >= 15 is 0 Å². The lowest BCUT2D eigenvalue weighted by Crippen LogP contribution is -2.16. The molecule has 2 rings (SSSR count). The minimum Gasteiger partial charge on any atom is -0.393 e. The molecule has 0 aliphatic rings. The van der Waals surface area contributed by atoms with Gasteiger partial charge in [-0.2, -0.15) is 0 Å². The summed E-state index contributed by atoms with van der Waals surface area (Å²) in [5, 5.41) is 3.66. The first-order valence-electron chi connectivity index (χ1n) is 5.78. The Morgan fingerprint density at radius 1 is 1.39 bits per heavy atom. The van der Waals surface area contributed by atoms with Crippen molar-refractivity contribution in [3.63, 3.8) is 0 Å². The number of nitrogens with one attached hydrogen (secondary N) is 1. The van der Waals surface area contributed by atoms with Crippen LogP contribution in [0.15, 0.2) is 23.0 Å². The van der Waals surface area contributed by atoms with Crippen molar-refractivity contribution < 1.29 is 0 Å². The third-order valence-corrected chi connectivity index (χ3v) is 3.35. The highest BCUT2D eigenvalue weighted by Gasteiger charge is 2.15. The number of nitrogens with zero attached hydrogens (tertiary/aromatic N) is 1. The molecule has 3 N–H and O–H groups in total. The van der Waals surface area contributed by atoms with Gasteiger partial charge < -0.3 is 5.73 Å². The molecule has 0 saturated carbocycles. The van der Waals surface area contributed by atoms with Crippen LogP contribution in [0.25, 0.3) is 5.69 Å². The van der Waals surface area contributed by atoms with E-state index in [1.807, 2.05) is 32.9 Å². The fourth-order valence-electron chi connectivity index (χ4n) is 1.81. The third kappa shape index (κ3) is 2.04. The van der Waals surface area contributed by atoms with Gasteiger partial charge >= 0.3 is 0 Å². The summed E-state index contributed by atoms with van der Waals surface area (Å²) in [6.45, 7) is 5.87. The van der Waals surface area contributed by atoms with Gasteiger partial charge in [-0.25, -0.2) is 4.68 Å². The van der Waals surface area contributed by atoms with E-state index in [4.69, 9.17) is 17.3 Å². The molecular weight excluding hydrogens is 250 g/mol. The number of nitrogens with two attached hydrogens (primary N) is 1. The maximum absolute atomic E-state index is 12.1. The number of benzene rings is 1. The summed E-state index contributed by atoms with van der Waals surface area (Å²) >= 11 is 6.06. The summed E-state index contributed by atoms with van der Waals surface area (Å²) in [5.41, 5.74) is 8.25. The van der Waals surface area contributed by atoms with Crippen LogP contribution in [0.3, 0.4) is 0 Å². The molecule has 1 heterocycles. The van der Waals surface area contributed by atoms with E-state index in [0.717, 1.165) is 11.3 Å². The number of hydrogen-bond donors (Lipinski definition) is 2. The molecule has 0 amide bonds. The Labute approximate surface area is 110 Å². The van der Waals surface area contributed by atoms with Gasteiger partial charge in [0.15, 0.2) is 0 Å². The maximum atomic E-state index is 12.1. The Hall–Kier alpha value is -1.68. The van der Waals surface area contributed by atoms with Gasteiger partial charge in [0.2, 0.25) is 0 Å². The molecule has 5 heteroatoms. The van der Waals surface area contributed by atoms with Crippen LogP contribution in [0.1, 0.15) is 31.0 Å². The lowest BCUT2D eigenvalue weighted by atomic mass is 10.1. The highest BCUT2D eigenvalue weighted by atomic mass is 35.5. The molecule has 0 spiro atoms. The predicted octanol–water partition coefficient (Wildman–Crippen LogP) is 2.83. The van der Waals surface area contributed by atoms with E-state index in [1.54, 1.807) is 6.07 Å². The minimum absolute atomic E-state index is 0.167. The molecule has 2 aromatic rings. The van der Waals surface area contributed by atoms with Crippen LogP contribution in [-0.4, -0.2) is 9.78 Å². The summed E-state index contributed by atoms with van der Waals surface area (Å²) in [7, 11) is 0. The summed E-state index contributed by atoms with van der Waals surface area (Å²) < 4.78 is 1.43. The van der Waals surface area contributed by atoms with Crippen molar-refractivity contribution in [1.29, 1.82) is 0 Å². The SMILES string of the molecule is Cc1ccc(-n2[nH]c(C(C)C)c(N)c2=O)cc1Cl. The Morgan fingerprint density at radius 2 is 2.06 bits per heavy atom. The van der Waals surface area contributed by atoms with Gasteiger partial charge in [0.1, 0.15) is 5.69 Å². The normalized spacial score (nSPS) is 11.2. The fourth-order valence-corrected chi connectivity index (χ4v) is 1.98. The van der Waals surface area contributed by atoms with Crippen molar-refractivity contribution in [2.75, 3.05) is 5.73 Å². The topological polar surface area (TPSA) is 63.8 Å². The summed E-state index contributed by atoms with van der Waals surface area (Å²) in [4.78, 5) is 12.1. The largest absolute Gasteiger partial charge is 0.393 e. The van der Waals surface area contributed by atoms with Crippen molar-refractivity contribution in [1.82, 2.24) is 9.78 Å². The molecule has 18 heavy (non-hydrogen) atoms. The number of aromatic amines is 1. The number of nitrogen functional groups attached to an aromatic ring is 1. The standard InChI is InChI=1S/C13H16ClN3O/c1-7(2)12-11(15)13(18)17(16-12)9-5-4-8(3)10(14)6-9/h4-7,16H,15H2,1-3H3.